The van der Waals surface area contributed by atoms with Gasteiger partial charge in [-0.05, 0) is 37.5 Å². The van der Waals surface area contributed by atoms with Crippen molar-refractivity contribution in [1.82, 2.24) is 0 Å². The van der Waals surface area contributed by atoms with Crippen molar-refractivity contribution in [3.8, 4) is 0 Å². The minimum atomic E-state index is 0.837. The van der Waals surface area contributed by atoms with E-state index in [1.807, 2.05) is 12.1 Å². The van der Waals surface area contributed by atoms with Gasteiger partial charge in [-0.3, -0.25) is 0 Å². The molecule has 1 aromatic carbocycles. The lowest BCUT2D eigenvalue weighted by molar-refractivity contribution is 1.05. The smallest absolute Gasteiger partial charge is 0.0314 e. The van der Waals surface area contributed by atoms with Gasteiger partial charge in [0.05, 0.1) is 0 Å². The highest BCUT2D eigenvalue weighted by molar-refractivity contribution is 5.41. The number of allylic oxidation sites excluding steroid dienone is 4. The molecule has 2 rings (SSSR count). The molecule has 1 nitrogen and oxygen atoms in total. The van der Waals surface area contributed by atoms with Crippen molar-refractivity contribution in [1.29, 1.82) is 0 Å². The minimum Gasteiger partial charge on any atom is -0.399 e. The van der Waals surface area contributed by atoms with Crippen molar-refractivity contribution < 1.29 is 0 Å². The van der Waals surface area contributed by atoms with Crippen LogP contribution in [0.1, 0.15) is 18.9 Å². The van der Waals surface area contributed by atoms with Gasteiger partial charge in [-0.1, -0.05) is 35.4 Å². The average Bonchev–Trinajstić information content (AvgIpc) is 2.56. The van der Waals surface area contributed by atoms with E-state index in [0.29, 0.717) is 0 Å². The predicted molar refractivity (Wildman–Crippen MR) is 61.0 cm³/mol. The predicted octanol–water partition coefficient (Wildman–Crippen LogP) is 3.09. The third-order valence-corrected chi connectivity index (χ3v) is 2.52. The zero-order valence-electron chi connectivity index (χ0n) is 8.46. The summed E-state index contributed by atoms with van der Waals surface area (Å²) in [4.78, 5) is 0. The summed E-state index contributed by atoms with van der Waals surface area (Å²) < 4.78 is 0. The Morgan fingerprint density at radius 2 is 1.86 bits per heavy atom. The number of nitrogens with two attached hydrogens (primary N) is 1. The van der Waals surface area contributed by atoms with Crippen molar-refractivity contribution in [2.45, 2.75) is 19.8 Å². The number of hydrogen-bond acceptors (Lipinski definition) is 1. The number of rotatable bonds is 2. The summed E-state index contributed by atoms with van der Waals surface area (Å²) in [6, 6.07) is 8.13. The summed E-state index contributed by atoms with van der Waals surface area (Å²) in [5, 5.41) is 0. The van der Waals surface area contributed by atoms with Crippen LogP contribution in [0.3, 0.4) is 0 Å². The van der Waals surface area contributed by atoms with Crippen LogP contribution in [0, 0.1) is 0 Å². The Bertz CT molecular complexity index is 382. The Morgan fingerprint density at radius 3 is 2.43 bits per heavy atom. The monoisotopic (exact) mass is 185 g/mol. The van der Waals surface area contributed by atoms with Crippen molar-refractivity contribution in [2.24, 2.45) is 0 Å². The maximum absolute atomic E-state index is 5.63. The van der Waals surface area contributed by atoms with E-state index >= 15 is 0 Å². The summed E-state index contributed by atoms with van der Waals surface area (Å²) in [7, 11) is 0. The molecule has 72 valence electrons. The molecule has 2 N–H and O–H groups in total. The van der Waals surface area contributed by atoms with Crippen LogP contribution in [0.25, 0.3) is 0 Å². The minimum absolute atomic E-state index is 0.837. The largest absolute Gasteiger partial charge is 0.399 e. The first-order valence-corrected chi connectivity index (χ1v) is 4.93. The van der Waals surface area contributed by atoms with Crippen LogP contribution in [0.4, 0.5) is 5.69 Å². The topological polar surface area (TPSA) is 26.0 Å². The van der Waals surface area contributed by atoms with Crippen LogP contribution in [0.15, 0.2) is 47.6 Å². The molecule has 1 aliphatic rings. The summed E-state index contributed by atoms with van der Waals surface area (Å²) in [6.45, 7) is 2.17. The molecule has 0 amide bonds. The fourth-order valence-electron chi connectivity index (χ4n) is 1.76. The maximum Gasteiger partial charge on any atom is 0.0314 e. The lowest BCUT2D eigenvalue weighted by Gasteiger charge is -2.03. The van der Waals surface area contributed by atoms with E-state index in [1.165, 1.54) is 16.7 Å². The normalized spacial score (nSPS) is 15.2. The average molecular weight is 185 g/mol. The second-order valence-corrected chi connectivity index (χ2v) is 3.93. The van der Waals surface area contributed by atoms with E-state index in [4.69, 9.17) is 5.73 Å². The number of hydrogen-bond donors (Lipinski definition) is 1. The third-order valence-electron chi connectivity index (χ3n) is 2.52. The highest BCUT2D eigenvalue weighted by Gasteiger charge is 2.04. The molecule has 1 aliphatic carbocycles. The molecule has 1 aromatic rings. The number of benzene rings is 1. The van der Waals surface area contributed by atoms with Gasteiger partial charge >= 0.3 is 0 Å². The molecule has 0 atom stereocenters. The van der Waals surface area contributed by atoms with Gasteiger partial charge in [-0.2, -0.15) is 0 Å². The molecule has 0 saturated carbocycles. The van der Waals surface area contributed by atoms with Gasteiger partial charge in [0.25, 0.3) is 0 Å². The van der Waals surface area contributed by atoms with E-state index in [-0.39, 0.29) is 0 Å². The lowest BCUT2D eigenvalue weighted by atomic mass is 10.0. The maximum atomic E-state index is 5.63. The molecule has 0 aliphatic heterocycles. The van der Waals surface area contributed by atoms with Crippen LogP contribution in [-0.4, -0.2) is 0 Å². The number of nitrogen functional groups attached to an aromatic ring is 1. The molecular weight excluding hydrogens is 170 g/mol. The lowest BCUT2D eigenvalue weighted by Crippen LogP contribution is -1.90. The van der Waals surface area contributed by atoms with Crippen molar-refractivity contribution in [3.63, 3.8) is 0 Å². The number of anilines is 1. The van der Waals surface area contributed by atoms with Gasteiger partial charge in [0, 0.05) is 5.69 Å². The van der Waals surface area contributed by atoms with Gasteiger partial charge in [-0.15, -0.1) is 0 Å². The summed E-state index contributed by atoms with van der Waals surface area (Å²) in [5.74, 6) is 0. The molecule has 0 aromatic heterocycles. The van der Waals surface area contributed by atoms with Gasteiger partial charge in [0.1, 0.15) is 0 Å². The van der Waals surface area contributed by atoms with Crippen LogP contribution >= 0.6 is 0 Å². The summed E-state index contributed by atoms with van der Waals surface area (Å²) in [5.41, 5.74) is 10.8. The van der Waals surface area contributed by atoms with Crippen LogP contribution in [-0.2, 0) is 6.42 Å². The molecule has 0 heterocycles. The van der Waals surface area contributed by atoms with Crippen LogP contribution in [0.2, 0.25) is 0 Å². The van der Waals surface area contributed by atoms with Gasteiger partial charge in [0.2, 0.25) is 0 Å². The Balaban J connectivity index is 2.02. The molecular formula is C13H15N. The first-order chi connectivity index (χ1) is 6.74. The van der Waals surface area contributed by atoms with E-state index in [2.05, 4.69) is 31.2 Å². The third kappa shape index (κ3) is 2.05. The standard InChI is InChI=1S/C13H15N/c1-10-2-3-12(8-10)9-11-4-6-13(14)7-5-11/h2-7H,8-9,14H2,1H3. The van der Waals surface area contributed by atoms with E-state index in [9.17, 15) is 0 Å². The molecule has 0 unspecified atom stereocenters. The summed E-state index contributed by atoms with van der Waals surface area (Å²) >= 11 is 0. The van der Waals surface area contributed by atoms with Crippen LogP contribution in [0.5, 0.6) is 0 Å². The Hall–Kier alpha value is -1.50. The van der Waals surface area contributed by atoms with Crippen molar-refractivity contribution in [2.75, 3.05) is 5.73 Å². The van der Waals surface area contributed by atoms with Crippen molar-refractivity contribution >= 4 is 5.69 Å². The first-order valence-electron chi connectivity index (χ1n) is 4.93. The van der Waals surface area contributed by atoms with E-state index in [0.717, 1.165) is 18.5 Å². The highest BCUT2D eigenvalue weighted by Crippen LogP contribution is 2.22. The molecule has 0 bridgehead atoms. The zero-order chi connectivity index (χ0) is 9.97. The molecule has 14 heavy (non-hydrogen) atoms. The zero-order valence-corrected chi connectivity index (χ0v) is 8.46. The van der Waals surface area contributed by atoms with Crippen molar-refractivity contribution in [3.05, 3.63) is 53.1 Å². The second-order valence-electron chi connectivity index (χ2n) is 3.93. The SMILES string of the molecule is CC1=CC=C(Cc2ccc(N)cc2)C1. The van der Waals surface area contributed by atoms with Gasteiger partial charge in [0.15, 0.2) is 0 Å². The molecule has 0 radical (unpaired) electrons. The van der Waals surface area contributed by atoms with Gasteiger partial charge in [-0.25, -0.2) is 0 Å². The Labute approximate surface area is 84.9 Å². The molecule has 1 heteroatoms. The molecule has 0 saturated heterocycles. The quantitative estimate of drug-likeness (QED) is 0.704. The van der Waals surface area contributed by atoms with Gasteiger partial charge < -0.3 is 5.73 Å². The second kappa shape index (κ2) is 3.70. The molecule has 0 fully saturated rings. The molecule has 0 spiro atoms. The highest BCUT2D eigenvalue weighted by atomic mass is 14.5. The fourth-order valence-corrected chi connectivity index (χ4v) is 1.76. The Kier molecular flexibility index (Phi) is 2.40. The fraction of sp³-hybridized carbons (Fsp3) is 0.231. The first kappa shape index (κ1) is 9.07. The van der Waals surface area contributed by atoms with E-state index in [1.54, 1.807) is 0 Å². The van der Waals surface area contributed by atoms with E-state index < -0.39 is 0 Å². The summed E-state index contributed by atoms with van der Waals surface area (Å²) in [6.07, 6.45) is 6.61. The Morgan fingerprint density at radius 1 is 1.14 bits per heavy atom. The van der Waals surface area contributed by atoms with Crippen LogP contribution < -0.4 is 5.73 Å².